The number of carbonyl (C=O) groups excluding carboxylic acids is 1. The van der Waals surface area contributed by atoms with E-state index < -0.39 is 5.54 Å². The Morgan fingerprint density at radius 2 is 2.04 bits per heavy atom. The molecule has 0 spiro atoms. The summed E-state index contributed by atoms with van der Waals surface area (Å²) in [6.45, 7) is 8.64. The molecular formula is C16H29Cl2N3OS. The Labute approximate surface area is 156 Å². The van der Waals surface area contributed by atoms with Crippen LogP contribution in [0.25, 0.3) is 0 Å². The van der Waals surface area contributed by atoms with Crippen LogP contribution in [0.1, 0.15) is 44.5 Å². The quantitative estimate of drug-likeness (QED) is 0.822. The van der Waals surface area contributed by atoms with Crippen molar-refractivity contribution in [3.63, 3.8) is 0 Å². The molecule has 1 aromatic rings. The van der Waals surface area contributed by atoms with Crippen LogP contribution >= 0.6 is 36.2 Å². The summed E-state index contributed by atoms with van der Waals surface area (Å²) in [7, 11) is 0. The van der Waals surface area contributed by atoms with Gasteiger partial charge in [0.25, 0.3) is 0 Å². The second kappa shape index (κ2) is 9.84. The molecule has 1 aliphatic heterocycles. The zero-order chi connectivity index (χ0) is 15.5. The van der Waals surface area contributed by atoms with Crippen LogP contribution in [0.2, 0.25) is 0 Å². The number of amides is 1. The van der Waals surface area contributed by atoms with Crippen LogP contribution in [-0.4, -0.2) is 36.0 Å². The molecule has 7 heteroatoms. The molecule has 134 valence electrons. The minimum absolute atomic E-state index is 0. The summed E-state index contributed by atoms with van der Waals surface area (Å²) >= 11 is 1.76. The van der Waals surface area contributed by atoms with Crippen molar-refractivity contribution < 1.29 is 4.79 Å². The number of nitrogens with two attached hydrogens (primary N) is 1. The molecule has 1 unspecified atom stereocenters. The van der Waals surface area contributed by atoms with Crippen LogP contribution in [0.5, 0.6) is 0 Å². The van der Waals surface area contributed by atoms with Gasteiger partial charge in [-0.1, -0.05) is 13.0 Å². The van der Waals surface area contributed by atoms with Crippen molar-refractivity contribution in [2.24, 2.45) is 11.7 Å². The Morgan fingerprint density at radius 3 is 2.52 bits per heavy atom. The van der Waals surface area contributed by atoms with E-state index in [9.17, 15) is 4.79 Å². The summed E-state index contributed by atoms with van der Waals surface area (Å²) in [5.41, 5.74) is 5.03. The summed E-state index contributed by atoms with van der Waals surface area (Å²) in [5, 5.41) is 5.12. The van der Waals surface area contributed by atoms with Crippen LogP contribution < -0.4 is 11.1 Å². The highest BCUT2D eigenvalue weighted by Crippen LogP contribution is 2.29. The standard InChI is InChI=1S/C16H27N3OS.2ClH/c1-12-6-8-19(9-7-12)13(14-5-4-10-21-14)11-18-15(20)16(2,3)17;;/h4-5,10,12-13H,6-9,11,17H2,1-3H3,(H,18,20);2*1H. The molecule has 0 saturated carbocycles. The third kappa shape index (κ3) is 6.59. The first kappa shape index (κ1) is 22.7. The van der Waals surface area contributed by atoms with Gasteiger partial charge in [-0.05, 0) is 57.1 Å². The number of piperidine rings is 1. The molecule has 23 heavy (non-hydrogen) atoms. The van der Waals surface area contributed by atoms with Gasteiger partial charge in [-0.25, -0.2) is 0 Å². The van der Waals surface area contributed by atoms with E-state index in [1.807, 2.05) is 0 Å². The first-order valence-electron chi connectivity index (χ1n) is 7.72. The van der Waals surface area contributed by atoms with Gasteiger partial charge in [0.2, 0.25) is 5.91 Å². The average molecular weight is 382 g/mol. The fourth-order valence-electron chi connectivity index (χ4n) is 2.65. The third-order valence-corrected chi connectivity index (χ3v) is 5.15. The molecule has 2 heterocycles. The van der Waals surface area contributed by atoms with Gasteiger partial charge in [0.15, 0.2) is 0 Å². The van der Waals surface area contributed by atoms with E-state index in [0.717, 1.165) is 19.0 Å². The number of rotatable bonds is 5. The maximum absolute atomic E-state index is 12.0. The minimum Gasteiger partial charge on any atom is -0.353 e. The molecule has 0 aliphatic carbocycles. The van der Waals surface area contributed by atoms with Crippen LogP contribution in [-0.2, 0) is 4.79 Å². The number of nitrogens with zero attached hydrogens (tertiary/aromatic N) is 1. The molecule has 1 aromatic heterocycles. The molecule has 1 aliphatic rings. The zero-order valence-electron chi connectivity index (χ0n) is 14.1. The Kier molecular flexibility index (Phi) is 9.70. The Balaban J connectivity index is 0.00000242. The summed E-state index contributed by atoms with van der Waals surface area (Å²) in [6, 6.07) is 4.50. The maximum Gasteiger partial charge on any atom is 0.239 e. The highest BCUT2D eigenvalue weighted by molar-refractivity contribution is 7.10. The second-order valence-electron chi connectivity index (χ2n) is 6.68. The second-order valence-corrected chi connectivity index (χ2v) is 7.66. The molecule has 0 radical (unpaired) electrons. The minimum atomic E-state index is -0.823. The van der Waals surface area contributed by atoms with Crippen molar-refractivity contribution in [2.45, 2.75) is 45.2 Å². The van der Waals surface area contributed by atoms with Crippen LogP contribution in [0.15, 0.2) is 17.5 Å². The first-order valence-corrected chi connectivity index (χ1v) is 8.60. The summed E-state index contributed by atoms with van der Waals surface area (Å²) < 4.78 is 0. The molecule has 0 bridgehead atoms. The molecule has 0 aromatic carbocycles. The number of carbonyl (C=O) groups is 1. The van der Waals surface area contributed by atoms with E-state index in [1.165, 1.54) is 17.7 Å². The van der Waals surface area contributed by atoms with E-state index in [-0.39, 0.29) is 36.8 Å². The van der Waals surface area contributed by atoms with Gasteiger partial charge >= 0.3 is 0 Å². The Morgan fingerprint density at radius 1 is 1.43 bits per heavy atom. The predicted molar refractivity (Wildman–Crippen MR) is 103 cm³/mol. The SMILES string of the molecule is CC1CCN(C(CNC(=O)C(C)(C)N)c2cccs2)CC1.Cl.Cl. The van der Waals surface area contributed by atoms with Gasteiger partial charge in [0.1, 0.15) is 0 Å². The third-order valence-electron chi connectivity index (χ3n) is 4.17. The van der Waals surface area contributed by atoms with E-state index in [1.54, 1.807) is 25.2 Å². The molecule has 1 saturated heterocycles. The topological polar surface area (TPSA) is 58.4 Å². The molecule has 1 atom stereocenters. The number of halogens is 2. The van der Waals surface area contributed by atoms with Crippen molar-refractivity contribution in [2.75, 3.05) is 19.6 Å². The zero-order valence-corrected chi connectivity index (χ0v) is 16.5. The van der Waals surface area contributed by atoms with Gasteiger partial charge in [-0.15, -0.1) is 36.2 Å². The van der Waals surface area contributed by atoms with E-state index in [4.69, 9.17) is 5.73 Å². The number of hydrogen-bond acceptors (Lipinski definition) is 4. The maximum atomic E-state index is 12.0. The molecular weight excluding hydrogens is 353 g/mol. The predicted octanol–water partition coefficient (Wildman–Crippen LogP) is 3.22. The van der Waals surface area contributed by atoms with Gasteiger partial charge in [0.05, 0.1) is 11.6 Å². The molecule has 1 amide bonds. The largest absolute Gasteiger partial charge is 0.353 e. The Bertz CT molecular complexity index is 454. The Hall–Kier alpha value is -0.330. The lowest BCUT2D eigenvalue weighted by Crippen LogP contribution is -2.51. The van der Waals surface area contributed by atoms with E-state index in [2.05, 4.69) is 34.7 Å². The van der Waals surface area contributed by atoms with Crippen LogP contribution in [0.3, 0.4) is 0 Å². The smallest absolute Gasteiger partial charge is 0.239 e. The van der Waals surface area contributed by atoms with Gasteiger partial charge in [-0.2, -0.15) is 0 Å². The lowest BCUT2D eigenvalue weighted by molar-refractivity contribution is -0.125. The van der Waals surface area contributed by atoms with Crippen molar-refractivity contribution in [3.05, 3.63) is 22.4 Å². The highest BCUT2D eigenvalue weighted by Gasteiger charge is 2.28. The van der Waals surface area contributed by atoms with Crippen molar-refractivity contribution in [1.29, 1.82) is 0 Å². The lowest BCUT2D eigenvalue weighted by atomic mass is 9.97. The normalized spacial score (nSPS) is 17.7. The summed E-state index contributed by atoms with van der Waals surface area (Å²) in [5.74, 6) is 0.720. The van der Waals surface area contributed by atoms with Crippen LogP contribution in [0, 0.1) is 5.92 Å². The number of likely N-dealkylation sites (tertiary alicyclic amines) is 1. The fraction of sp³-hybridized carbons (Fsp3) is 0.688. The lowest BCUT2D eigenvalue weighted by Gasteiger charge is -2.36. The monoisotopic (exact) mass is 381 g/mol. The van der Waals surface area contributed by atoms with Crippen molar-refractivity contribution in [1.82, 2.24) is 10.2 Å². The first-order chi connectivity index (χ1) is 9.88. The number of nitrogens with one attached hydrogen (secondary N) is 1. The van der Waals surface area contributed by atoms with Crippen molar-refractivity contribution in [3.8, 4) is 0 Å². The highest BCUT2D eigenvalue weighted by atomic mass is 35.5. The summed E-state index contributed by atoms with van der Waals surface area (Å²) in [6.07, 6.45) is 2.47. The molecule has 4 nitrogen and oxygen atoms in total. The van der Waals surface area contributed by atoms with Crippen LogP contribution in [0.4, 0.5) is 0 Å². The van der Waals surface area contributed by atoms with E-state index in [0.29, 0.717) is 6.54 Å². The number of thiophene rings is 1. The molecule has 3 N–H and O–H groups in total. The van der Waals surface area contributed by atoms with Gasteiger partial charge in [0, 0.05) is 11.4 Å². The molecule has 1 fully saturated rings. The number of hydrogen-bond donors (Lipinski definition) is 2. The summed E-state index contributed by atoms with van der Waals surface area (Å²) in [4.78, 5) is 15.8. The van der Waals surface area contributed by atoms with Gasteiger partial charge < -0.3 is 11.1 Å². The fourth-order valence-corrected chi connectivity index (χ4v) is 3.51. The van der Waals surface area contributed by atoms with Gasteiger partial charge in [-0.3, -0.25) is 9.69 Å². The van der Waals surface area contributed by atoms with Crippen molar-refractivity contribution >= 4 is 42.1 Å². The molecule has 2 rings (SSSR count). The van der Waals surface area contributed by atoms with E-state index >= 15 is 0 Å². The average Bonchev–Trinajstić information content (AvgIpc) is 2.93.